The van der Waals surface area contributed by atoms with Crippen molar-refractivity contribution in [3.8, 4) is 46.1 Å². The minimum atomic E-state index is -0.237. The molecule has 1 fully saturated rings. The number of nitrogens with one attached hydrogen (secondary N) is 3. The highest BCUT2D eigenvalue weighted by atomic mass is 35.5. The van der Waals surface area contributed by atoms with Crippen LogP contribution < -0.4 is 30.2 Å². The number of fused-ring (bicyclic) bond motifs is 1. The van der Waals surface area contributed by atoms with E-state index < -0.39 is 0 Å². The molecule has 0 radical (unpaired) electrons. The van der Waals surface area contributed by atoms with Gasteiger partial charge in [-0.1, -0.05) is 65.7 Å². The van der Waals surface area contributed by atoms with Crippen molar-refractivity contribution in [1.29, 1.82) is 5.26 Å². The number of hydrogen-bond acceptors (Lipinski definition) is 9. The smallest absolute Gasteiger partial charge is 0.236 e. The van der Waals surface area contributed by atoms with E-state index in [-0.39, 0.29) is 24.7 Å². The van der Waals surface area contributed by atoms with Crippen LogP contribution in [0.4, 0.5) is 0 Å². The van der Waals surface area contributed by atoms with Crippen LogP contribution in [0.3, 0.4) is 0 Å². The Morgan fingerprint density at radius 2 is 1.77 bits per heavy atom. The first-order valence-corrected chi connectivity index (χ1v) is 16.6. The number of amides is 1. The highest BCUT2D eigenvalue weighted by molar-refractivity contribution is 6.36. The van der Waals surface area contributed by atoms with Crippen LogP contribution in [0.2, 0.25) is 10.0 Å². The van der Waals surface area contributed by atoms with Gasteiger partial charge < -0.3 is 30.2 Å². The van der Waals surface area contributed by atoms with Crippen molar-refractivity contribution in [1.82, 2.24) is 25.9 Å². The lowest BCUT2D eigenvalue weighted by atomic mass is 9.94. The summed E-state index contributed by atoms with van der Waals surface area (Å²) < 4.78 is 17.6. The van der Waals surface area contributed by atoms with Gasteiger partial charge in [0.05, 0.1) is 17.8 Å². The Hall–Kier alpha value is -4.40. The average molecular weight is 688 g/mol. The molecule has 6 rings (SSSR count). The maximum Gasteiger partial charge on any atom is 0.236 e. The molecule has 0 spiro atoms. The fraction of sp³-hybridized carbons (Fsp3) is 0.333. The van der Waals surface area contributed by atoms with Crippen LogP contribution in [0.25, 0.3) is 22.4 Å². The van der Waals surface area contributed by atoms with Gasteiger partial charge in [-0.15, -0.1) is 0 Å². The molecule has 0 saturated carbocycles. The molecular formula is C36H36Cl2N6O4. The Bertz CT molecular complexity index is 1860. The molecule has 248 valence electrons. The second-order valence-electron chi connectivity index (χ2n) is 11.7. The van der Waals surface area contributed by atoms with Gasteiger partial charge in [0, 0.05) is 54.4 Å². The largest absolute Gasteiger partial charge is 0.481 e. The number of hydrogen-bond donors (Lipinski definition) is 3. The van der Waals surface area contributed by atoms with E-state index in [4.69, 9.17) is 42.4 Å². The lowest BCUT2D eigenvalue weighted by Gasteiger charge is -2.18. The van der Waals surface area contributed by atoms with Gasteiger partial charge in [-0.2, -0.15) is 10.2 Å². The third-order valence-electron chi connectivity index (χ3n) is 8.58. The number of nitriles is 1. The van der Waals surface area contributed by atoms with Crippen LogP contribution in [0.15, 0.2) is 54.6 Å². The Morgan fingerprint density at radius 1 is 0.958 bits per heavy atom. The minimum absolute atomic E-state index is 0.0768. The molecule has 0 unspecified atom stereocenters. The van der Waals surface area contributed by atoms with Crippen LogP contribution in [0.5, 0.6) is 17.6 Å². The van der Waals surface area contributed by atoms with Crippen molar-refractivity contribution in [3.05, 3.63) is 86.9 Å². The molecule has 48 heavy (non-hydrogen) atoms. The zero-order valence-electron chi connectivity index (χ0n) is 26.7. The van der Waals surface area contributed by atoms with Gasteiger partial charge in [0.1, 0.15) is 17.2 Å². The maximum atomic E-state index is 11.5. The summed E-state index contributed by atoms with van der Waals surface area (Å²) in [4.78, 5) is 20.9. The van der Waals surface area contributed by atoms with Crippen molar-refractivity contribution < 1.29 is 19.0 Å². The normalized spacial score (nSPS) is 16.7. The van der Waals surface area contributed by atoms with Crippen LogP contribution in [-0.4, -0.2) is 49.2 Å². The van der Waals surface area contributed by atoms with Gasteiger partial charge in [0.2, 0.25) is 23.5 Å². The monoisotopic (exact) mass is 686 g/mol. The zero-order valence-corrected chi connectivity index (χ0v) is 28.3. The number of rotatable bonds is 13. The molecule has 1 amide bonds. The highest BCUT2D eigenvalue weighted by Crippen LogP contribution is 2.44. The van der Waals surface area contributed by atoms with Gasteiger partial charge in [-0.25, -0.2) is 4.98 Å². The number of benzene rings is 2. The predicted octanol–water partition coefficient (Wildman–Crippen LogP) is 6.18. The number of carbonyl (C=O) groups is 1. The maximum absolute atomic E-state index is 11.5. The van der Waals surface area contributed by atoms with Crippen molar-refractivity contribution in [3.63, 3.8) is 0 Å². The second kappa shape index (κ2) is 15.2. The van der Waals surface area contributed by atoms with Gasteiger partial charge in [-0.3, -0.25) is 4.79 Å². The molecule has 2 aromatic heterocycles. The van der Waals surface area contributed by atoms with Gasteiger partial charge >= 0.3 is 0 Å². The van der Waals surface area contributed by atoms with E-state index in [2.05, 4.69) is 33.1 Å². The Labute approximate surface area is 289 Å². The highest BCUT2D eigenvalue weighted by Gasteiger charge is 2.29. The first-order chi connectivity index (χ1) is 23.4. The van der Waals surface area contributed by atoms with E-state index in [1.165, 1.54) is 0 Å². The molecule has 1 saturated heterocycles. The standard InChI is InChI=1S/C36H36Cl2N6O4/c1-40-18-22-17-29(37)36(44-34(22)46-2)48-31-13-11-25-24(5-3-6-26(25)31)27-7-4-8-28(33(27)38)30-12-9-21(35(43-30)47-16-15-39)19-41-20-23-10-14-32(45)42-23/h3-9,12,17,23,31,40-41H,10-11,13-14,16,18-20H2,1-2H3,(H,42,45)/t23-,31-/m0/s1. The second-order valence-corrected chi connectivity index (χ2v) is 12.5. The first kappa shape index (κ1) is 33.5. The molecule has 2 aromatic carbocycles. The Morgan fingerprint density at radius 3 is 2.54 bits per heavy atom. The van der Waals surface area contributed by atoms with Crippen LogP contribution in [0.1, 0.15) is 47.6 Å². The minimum Gasteiger partial charge on any atom is -0.481 e. The molecule has 10 nitrogen and oxygen atoms in total. The number of aromatic nitrogens is 2. The summed E-state index contributed by atoms with van der Waals surface area (Å²) in [5, 5.41) is 19.6. The molecule has 4 aromatic rings. The average Bonchev–Trinajstić information content (AvgIpc) is 3.71. The summed E-state index contributed by atoms with van der Waals surface area (Å²) in [5.41, 5.74) is 7.15. The molecular weight excluding hydrogens is 651 g/mol. The van der Waals surface area contributed by atoms with Gasteiger partial charge in [-0.05, 0) is 55.1 Å². The first-order valence-electron chi connectivity index (χ1n) is 15.9. The number of pyridine rings is 2. The van der Waals surface area contributed by atoms with E-state index in [1.54, 1.807) is 7.11 Å². The molecule has 1 aliphatic heterocycles. The Kier molecular flexibility index (Phi) is 10.6. The topological polar surface area (TPSA) is 130 Å². The molecule has 3 heterocycles. The van der Waals surface area contributed by atoms with E-state index in [0.29, 0.717) is 59.4 Å². The quantitative estimate of drug-likeness (QED) is 0.151. The number of nitrogens with zero attached hydrogens (tertiary/aromatic N) is 3. The van der Waals surface area contributed by atoms with Crippen molar-refractivity contribution >= 4 is 29.1 Å². The molecule has 3 N–H and O–H groups in total. The van der Waals surface area contributed by atoms with Crippen LogP contribution in [-0.2, 0) is 24.3 Å². The van der Waals surface area contributed by atoms with Crippen LogP contribution in [0, 0.1) is 11.3 Å². The van der Waals surface area contributed by atoms with Crippen molar-refractivity contribution in [2.45, 2.75) is 50.9 Å². The van der Waals surface area contributed by atoms with E-state index in [9.17, 15) is 10.1 Å². The molecule has 2 atom stereocenters. The number of methoxy groups -OCH3 is 1. The van der Waals surface area contributed by atoms with Gasteiger partial charge in [0.25, 0.3) is 0 Å². The SMILES string of the molecule is CNCc1cc(Cl)c(O[C@H]2CCc3c(-c4cccc(-c5ccc(CNC[C@@H]6CCC(=O)N6)c(OCC#N)n5)c4Cl)cccc32)nc1OC. The summed E-state index contributed by atoms with van der Waals surface area (Å²) in [6.07, 6.45) is 2.66. The lowest BCUT2D eigenvalue weighted by molar-refractivity contribution is -0.119. The third-order valence-corrected chi connectivity index (χ3v) is 9.26. The summed E-state index contributed by atoms with van der Waals surface area (Å²) in [5.74, 6) is 1.24. The molecule has 2 aliphatic rings. The van der Waals surface area contributed by atoms with Crippen LogP contribution >= 0.6 is 23.2 Å². The molecule has 1 aliphatic carbocycles. The fourth-order valence-corrected chi connectivity index (χ4v) is 6.87. The third kappa shape index (κ3) is 7.20. The number of carbonyl (C=O) groups excluding carboxylic acids is 1. The number of halogens is 2. The van der Waals surface area contributed by atoms with E-state index in [1.807, 2.05) is 55.6 Å². The van der Waals surface area contributed by atoms with E-state index in [0.717, 1.165) is 58.2 Å². The Balaban J connectivity index is 1.25. The van der Waals surface area contributed by atoms with Crippen molar-refractivity contribution in [2.24, 2.45) is 0 Å². The summed E-state index contributed by atoms with van der Waals surface area (Å²) >= 11 is 13.7. The molecule has 0 bridgehead atoms. The summed E-state index contributed by atoms with van der Waals surface area (Å²) in [6, 6.07) is 19.8. The zero-order chi connectivity index (χ0) is 33.6. The fourth-order valence-electron chi connectivity index (χ4n) is 6.32. The number of ether oxygens (including phenoxy) is 3. The molecule has 12 heteroatoms. The van der Waals surface area contributed by atoms with Gasteiger partial charge in [0.15, 0.2) is 6.61 Å². The van der Waals surface area contributed by atoms with Crippen molar-refractivity contribution in [2.75, 3.05) is 27.3 Å². The predicted molar refractivity (Wildman–Crippen MR) is 184 cm³/mol. The van der Waals surface area contributed by atoms with E-state index >= 15 is 0 Å². The summed E-state index contributed by atoms with van der Waals surface area (Å²) in [7, 11) is 3.43. The summed E-state index contributed by atoms with van der Waals surface area (Å²) in [6.45, 7) is 1.54. The lowest BCUT2D eigenvalue weighted by Crippen LogP contribution is -2.35.